The van der Waals surface area contributed by atoms with Crippen molar-refractivity contribution in [3.63, 3.8) is 0 Å². The van der Waals surface area contributed by atoms with E-state index in [0.717, 1.165) is 12.8 Å². The Kier molecular flexibility index (Phi) is 6.76. The summed E-state index contributed by atoms with van der Waals surface area (Å²) in [4.78, 5) is 12.8. The van der Waals surface area contributed by atoms with Gasteiger partial charge in [-0.15, -0.1) is 12.4 Å². The number of ether oxygens (including phenoxy) is 1. The summed E-state index contributed by atoms with van der Waals surface area (Å²) < 4.78 is 28.7. The first-order valence-electron chi connectivity index (χ1n) is 4.72. The number of hydrogen-bond acceptors (Lipinski definition) is 3. The monoisotopic (exact) mass is 243 g/mol. The number of hydrogen-bond donors (Lipinski definition) is 0. The van der Waals surface area contributed by atoms with Gasteiger partial charge in [0.1, 0.15) is 0 Å². The van der Waals surface area contributed by atoms with Crippen LogP contribution >= 0.6 is 12.4 Å². The summed E-state index contributed by atoms with van der Waals surface area (Å²) in [6.07, 6.45) is -0.801. The Balaban J connectivity index is 0.00000196. The van der Waals surface area contributed by atoms with E-state index in [0.29, 0.717) is 13.1 Å². The SMILES string of the molecule is COC(=O)C1CCCN(CC(F)F)C1.Cl. The van der Waals surface area contributed by atoms with Crippen LogP contribution < -0.4 is 0 Å². The van der Waals surface area contributed by atoms with Gasteiger partial charge in [0.2, 0.25) is 0 Å². The second-order valence-electron chi connectivity index (χ2n) is 3.51. The van der Waals surface area contributed by atoms with Gasteiger partial charge in [0, 0.05) is 6.54 Å². The number of nitrogens with zero attached hydrogens (tertiary/aromatic N) is 1. The van der Waals surface area contributed by atoms with Crippen LogP contribution in [0, 0.1) is 5.92 Å². The average molecular weight is 244 g/mol. The summed E-state index contributed by atoms with van der Waals surface area (Å²) >= 11 is 0. The summed E-state index contributed by atoms with van der Waals surface area (Å²) in [7, 11) is 1.33. The molecule has 0 aromatic carbocycles. The summed E-state index contributed by atoms with van der Waals surface area (Å²) in [5.41, 5.74) is 0. The zero-order valence-corrected chi connectivity index (χ0v) is 9.43. The van der Waals surface area contributed by atoms with Crippen LogP contribution in [-0.4, -0.2) is 44.0 Å². The van der Waals surface area contributed by atoms with E-state index in [-0.39, 0.29) is 30.8 Å². The number of carbonyl (C=O) groups excluding carboxylic acids is 1. The highest BCUT2D eigenvalue weighted by Crippen LogP contribution is 2.18. The Labute approximate surface area is 94.2 Å². The van der Waals surface area contributed by atoms with E-state index in [2.05, 4.69) is 4.74 Å². The maximum absolute atomic E-state index is 12.1. The van der Waals surface area contributed by atoms with Gasteiger partial charge in [0.05, 0.1) is 19.6 Å². The van der Waals surface area contributed by atoms with Crippen molar-refractivity contribution in [1.82, 2.24) is 4.90 Å². The first-order valence-corrected chi connectivity index (χ1v) is 4.72. The van der Waals surface area contributed by atoms with E-state index < -0.39 is 6.43 Å². The molecule has 90 valence electrons. The van der Waals surface area contributed by atoms with Crippen molar-refractivity contribution in [2.45, 2.75) is 19.3 Å². The standard InChI is InChI=1S/C9H15F2NO2.ClH/c1-14-9(13)7-3-2-4-12(5-7)6-8(10)11;/h7-8H,2-6H2,1H3;1H. The predicted molar refractivity (Wildman–Crippen MR) is 54.4 cm³/mol. The number of carbonyl (C=O) groups is 1. The van der Waals surface area contributed by atoms with E-state index >= 15 is 0 Å². The third kappa shape index (κ3) is 4.75. The molecule has 1 rings (SSSR count). The van der Waals surface area contributed by atoms with E-state index in [4.69, 9.17) is 0 Å². The number of rotatable bonds is 3. The summed E-state index contributed by atoms with van der Waals surface area (Å²) in [5.74, 6) is -0.517. The lowest BCUT2D eigenvalue weighted by Crippen LogP contribution is -2.41. The molecule has 0 amide bonds. The zero-order chi connectivity index (χ0) is 10.6. The molecule has 1 atom stereocenters. The van der Waals surface area contributed by atoms with Crippen LogP contribution in [0.2, 0.25) is 0 Å². The molecule has 1 saturated heterocycles. The maximum Gasteiger partial charge on any atom is 0.309 e. The molecule has 0 spiro atoms. The third-order valence-electron chi connectivity index (χ3n) is 2.44. The van der Waals surface area contributed by atoms with Gasteiger partial charge in [-0.25, -0.2) is 8.78 Å². The lowest BCUT2D eigenvalue weighted by molar-refractivity contribution is -0.147. The predicted octanol–water partition coefficient (Wildman–Crippen LogP) is 1.56. The minimum Gasteiger partial charge on any atom is -0.469 e. The molecule has 6 heteroatoms. The van der Waals surface area contributed by atoms with E-state index in [1.54, 1.807) is 4.90 Å². The van der Waals surface area contributed by atoms with E-state index in [9.17, 15) is 13.6 Å². The molecule has 1 unspecified atom stereocenters. The Bertz CT molecular complexity index is 205. The molecule has 1 heterocycles. The second-order valence-corrected chi connectivity index (χ2v) is 3.51. The van der Waals surface area contributed by atoms with Crippen LogP contribution in [0.1, 0.15) is 12.8 Å². The van der Waals surface area contributed by atoms with Gasteiger partial charge in [0.15, 0.2) is 0 Å². The van der Waals surface area contributed by atoms with Crippen molar-refractivity contribution < 1.29 is 18.3 Å². The molecule has 0 aliphatic carbocycles. The van der Waals surface area contributed by atoms with Crippen molar-refractivity contribution in [3.8, 4) is 0 Å². The van der Waals surface area contributed by atoms with Crippen LogP contribution in [0.3, 0.4) is 0 Å². The van der Waals surface area contributed by atoms with E-state index in [1.165, 1.54) is 7.11 Å². The van der Waals surface area contributed by atoms with Crippen molar-refractivity contribution in [2.75, 3.05) is 26.7 Å². The smallest absolute Gasteiger partial charge is 0.309 e. The fourth-order valence-electron chi connectivity index (χ4n) is 1.78. The lowest BCUT2D eigenvalue weighted by Gasteiger charge is -2.30. The third-order valence-corrected chi connectivity index (χ3v) is 2.44. The largest absolute Gasteiger partial charge is 0.469 e. The summed E-state index contributed by atoms with van der Waals surface area (Å²) in [6, 6.07) is 0. The Morgan fingerprint density at radius 3 is 2.80 bits per heavy atom. The molecule has 0 aromatic heterocycles. The number of piperidine rings is 1. The molecule has 1 aliphatic rings. The van der Waals surface area contributed by atoms with Crippen LogP contribution in [-0.2, 0) is 9.53 Å². The number of esters is 1. The fraction of sp³-hybridized carbons (Fsp3) is 0.889. The normalized spacial score (nSPS) is 22.3. The quantitative estimate of drug-likeness (QED) is 0.705. The van der Waals surface area contributed by atoms with Gasteiger partial charge >= 0.3 is 5.97 Å². The van der Waals surface area contributed by atoms with Crippen molar-refractivity contribution >= 4 is 18.4 Å². The lowest BCUT2D eigenvalue weighted by atomic mass is 9.98. The Morgan fingerprint density at radius 2 is 2.27 bits per heavy atom. The first kappa shape index (κ1) is 14.6. The van der Waals surface area contributed by atoms with E-state index in [1.807, 2.05) is 0 Å². The molecule has 0 N–H and O–H groups in total. The van der Waals surface area contributed by atoms with Gasteiger partial charge in [-0.1, -0.05) is 0 Å². The van der Waals surface area contributed by atoms with Crippen LogP contribution in [0.25, 0.3) is 0 Å². The molecule has 0 aromatic rings. The molecule has 3 nitrogen and oxygen atoms in total. The number of likely N-dealkylation sites (tertiary alicyclic amines) is 1. The molecule has 0 radical (unpaired) electrons. The van der Waals surface area contributed by atoms with Crippen molar-refractivity contribution in [1.29, 1.82) is 0 Å². The molecule has 15 heavy (non-hydrogen) atoms. The van der Waals surface area contributed by atoms with Gasteiger partial charge < -0.3 is 4.74 Å². The summed E-state index contributed by atoms with van der Waals surface area (Å²) in [6.45, 7) is 0.808. The second kappa shape index (κ2) is 6.95. The number of halogens is 3. The molecule has 1 aliphatic heterocycles. The summed E-state index contributed by atoms with van der Waals surface area (Å²) in [5, 5.41) is 0. The van der Waals surface area contributed by atoms with Crippen molar-refractivity contribution in [2.24, 2.45) is 5.92 Å². The van der Waals surface area contributed by atoms with Crippen LogP contribution in [0.5, 0.6) is 0 Å². The highest BCUT2D eigenvalue weighted by molar-refractivity contribution is 5.85. The average Bonchev–Trinajstić information content (AvgIpc) is 2.16. The molecule has 1 fully saturated rings. The number of methoxy groups -OCH3 is 1. The first-order chi connectivity index (χ1) is 6.63. The van der Waals surface area contributed by atoms with Gasteiger partial charge in [0.25, 0.3) is 6.43 Å². The molecular formula is C9H16ClF2NO2. The van der Waals surface area contributed by atoms with Crippen LogP contribution in [0.4, 0.5) is 8.78 Å². The number of alkyl halides is 2. The van der Waals surface area contributed by atoms with Gasteiger partial charge in [-0.3, -0.25) is 9.69 Å². The minimum atomic E-state index is -2.33. The fourth-order valence-corrected chi connectivity index (χ4v) is 1.78. The van der Waals surface area contributed by atoms with Crippen molar-refractivity contribution in [3.05, 3.63) is 0 Å². The van der Waals surface area contributed by atoms with Gasteiger partial charge in [-0.05, 0) is 19.4 Å². The molecule has 0 bridgehead atoms. The zero-order valence-electron chi connectivity index (χ0n) is 8.62. The topological polar surface area (TPSA) is 29.5 Å². The molecular weight excluding hydrogens is 228 g/mol. The maximum atomic E-state index is 12.1. The van der Waals surface area contributed by atoms with Gasteiger partial charge in [-0.2, -0.15) is 0 Å². The Morgan fingerprint density at radius 1 is 1.60 bits per heavy atom. The minimum absolute atomic E-state index is 0. The highest BCUT2D eigenvalue weighted by atomic mass is 35.5. The van der Waals surface area contributed by atoms with Crippen LogP contribution in [0.15, 0.2) is 0 Å². The molecule has 0 saturated carbocycles. The highest BCUT2D eigenvalue weighted by Gasteiger charge is 2.27. The Hall–Kier alpha value is -0.420.